The largest absolute Gasteiger partial charge is 0.469 e. The smallest absolute Gasteiger partial charge is 0.311 e. The van der Waals surface area contributed by atoms with Gasteiger partial charge in [-0.3, -0.25) is 4.79 Å². The van der Waals surface area contributed by atoms with Crippen LogP contribution in [0.15, 0.2) is 0 Å². The summed E-state index contributed by atoms with van der Waals surface area (Å²) in [5.41, 5.74) is -0.336. The third-order valence-corrected chi connectivity index (χ3v) is 4.02. The Hall–Kier alpha value is -0.610. The lowest BCUT2D eigenvalue weighted by molar-refractivity contribution is -0.292. The van der Waals surface area contributed by atoms with Crippen molar-refractivity contribution in [3.8, 4) is 0 Å². The van der Waals surface area contributed by atoms with Gasteiger partial charge < -0.3 is 4.74 Å². The summed E-state index contributed by atoms with van der Waals surface area (Å²) in [7, 11) is 2.98. The molecule has 2 unspecified atom stereocenters. The molecule has 0 saturated heterocycles. The van der Waals surface area contributed by atoms with Gasteiger partial charge >= 0.3 is 5.97 Å². The minimum Gasteiger partial charge on any atom is -0.469 e. The SMILES string of the molecule is CCC1(C(=O)OC)CCCC(C)(COOC)C1. The average Bonchev–Trinajstić information content (AvgIpc) is 2.35. The van der Waals surface area contributed by atoms with Crippen LogP contribution in [0.3, 0.4) is 0 Å². The molecule has 1 rings (SSSR count). The highest BCUT2D eigenvalue weighted by molar-refractivity contribution is 5.76. The Balaban J connectivity index is 2.78. The van der Waals surface area contributed by atoms with Crippen molar-refractivity contribution < 1.29 is 19.3 Å². The van der Waals surface area contributed by atoms with Gasteiger partial charge in [0.05, 0.1) is 26.2 Å². The second kappa shape index (κ2) is 5.83. The lowest BCUT2D eigenvalue weighted by Crippen LogP contribution is -2.42. The zero-order chi connectivity index (χ0) is 12.9. The third-order valence-electron chi connectivity index (χ3n) is 4.02. The minimum atomic E-state index is -0.334. The molecule has 0 heterocycles. The Bertz CT molecular complexity index is 266. The lowest BCUT2D eigenvalue weighted by Gasteiger charge is -2.43. The fourth-order valence-corrected chi connectivity index (χ4v) is 3.01. The van der Waals surface area contributed by atoms with E-state index in [-0.39, 0.29) is 16.8 Å². The highest BCUT2D eigenvalue weighted by atomic mass is 17.2. The zero-order valence-electron chi connectivity index (χ0n) is 11.4. The molecule has 4 nitrogen and oxygen atoms in total. The van der Waals surface area contributed by atoms with E-state index in [1.165, 1.54) is 14.2 Å². The molecule has 1 aliphatic rings. The van der Waals surface area contributed by atoms with E-state index in [9.17, 15) is 4.79 Å². The number of ether oxygens (including phenoxy) is 1. The Morgan fingerprint density at radius 2 is 2.00 bits per heavy atom. The molecule has 2 atom stereocenters. The molecule has 1 fully saturated rings. The summed E-state index contributed by atoms with van der Waals surface area (Å²) in [5, 5.41) is 0. The molecule has 0 radical (unpaired) electrons. The molecule has 17 heavy (non-hydrogen) atoms. The van der Waals surface area contributed by atoms with Crippen LogP contribution in [0, 0.1) is 10.8 Å². The van der Waals surface area contributed by atoms with Gasteiger partial charge in [-0.15, -0.1) is 0 Å². The van der Waals surface area contributed by atoms with E-state index in [0.717, 1.165) is 32.1 Å². The van der Waals surface area contributed by atoms with Crippen LogP contribution < -0.4 is 0 Å². The molecule has 0 spiro atoms. The molecule has 0 aromatic rings. The van der Waals surface area contributed by atoms with Crippen molar-refractivity contribution in [1.29, 1.82) is 0 Å². The Labute approximate surface area is 104 Å². The lowest BCUT2D eigenvalue weighted by atomic mass is 9.62. The molecular formula is C13H24O4. The fraction of sp³-hybridized carbons (Fsp3) is 0.923. The molecule has 4 heteroatoms. The van der Waals surface area contributed by atoms with Gasteiger partial charge in [0.15, 0.2) is 0 Å². The van der Waals surface area contributed by atoms with Crippen molar-refractivity contribution >= 4 is 5.97 Å². The zero-order valence-corrected chi connectivity index (χ0v) is 11.4. The van der Waals surface area contributed by atoms with Gasteiger partial charge in [-0.25, -0.2) is 9.78 Å². The Morgan fingerprint density at radius 1 is 1.29 bits per heavy atom. The quantitative estimate of drug-likeness (QED) is 0.424. The van der Waals surface area contributed by atoms with Crippen LogP contribution >= 0.6 is 0 Å². The van der Waals surface area contributed by atoms with Gasteiger partial charge in [0.1, 0.15) is 0 Å². The molecule has 1 saturated carbocycles. The summed E-state index contributed by atoms with van der Waals surface area (Å²) in [6.07, 6.45) is 4.65. The average molecular weight is 244 g/mol. The van der Waals surface area contributed by atoms with Crippen molar-refractivity contribution in [3.05, 3.63) is 0 Å². The van der Waals surface area contributed by atoms with Crippen molar-refractivity contribution in [3.63, 3.8) is 0 Å². The van der Waals surface area contributed by atoms with Crippen LogP contribution in [0.1, 0.15) is 46.0 Å². The van der Waals surface area contributed by atoms with Crippen molar-refractivity contribution in [1.82, 2.24) is 0 Å². The number of hydrogen-bond acceptors (Lipinski definition) is 4. The predicted octanol–water partition coefficient (Wildman–Crippen LogP) is 2.71. The maximum Gasteiger partial charge on any atom is 0.311 e. The maximum absolute atomic E-state index is 12.0. The molecular weight excluding hydrogens is 220 g/mol. The van der Waals surface area contributed by atoms with E-state index in [0.29, 0.717) is 6.61 Å². The number of methoxy groups -OCH3 is 1. The minimum absolute atomic E-state index is 0.00153. The van der Waals surface area contributed by atoms with Gasteiger partial charge in [-0.1, -0.05) is 20.3 Å². The van der Waals surface area contributed by atoms with Crippen LogP contribution in [-0.4, -0.2) is 26.8 Å². The van der Waals surface area contributed by atoms with Gasteiger partial charge in [0, 0.05) is 0 Å². The number of hydrogen-bond donors (Lipinski definition) is 0. The summed E-state index contributed by atoms with van der Waals surface area (Å²) >= 11 is 0. The molecule has 0 aliphatic heterocycles. The highest BCUT2D eigenvalue weighted by Gasteiger charge is 2.47. The van der Waals surface area contributed by atoms with E-state index in [1.54, 1.807) is 0 Å². The summed E-state index contributed by atoms with van der Waals surface area (Å²) in [6.45, 7) is 4.74. The van der Waals surface area contributed by atoms with Crippen LogP contribution in [0.4, 0.5) is 0 Å². The van der Waals surface area contributed by atoms with Gasteiger partial charge in [0.25, 0.3) is 0 Å². The molecule has 0 aromatic heterocycles. The Kier molecular flexibility index (Phi) is 4.95. The van der Waals surface area contributed by atoms with E-state index in [2.05, 4.69) is 18.7 Å². The summed E-state index contributed by atoms with van der Waals surface area (Å²) < 4.78 is 4.97. The second-order valence-corrected chi connectivity index (χ2v) is 5.40. The van der Waals surface area contributed by atoms with E-state index >= 15 is 0 Å². The number of esters is 1. The molecule has 1 aliphatic carbocycles. The normalized spacial score (nSPS) is 33.4. The first-order chi connectivity index (χ1) is 8.02. The van der Waals surface area contributed by atoms with Gasteiger partial charge in [-0.05, 0) is 31.1 Å². The second-order valence-electron chi connectivity index (χ2n) is 5.40. The van der Waals surface area contributed by atoms with Gasteiger partial charge in [0.2, 0.25) is 0 Å². The van der Waals surface area contributed by atoms with Crippen LogP contribution in [0.2, 0.25) is 0 Å². The fourth-order valence-electron chi connectivity index (χ4n) is 3.01. The first kappa shape index (κ1) is 14.5. The standard InChI is InChI=1S/C13H24O4/c1-5-13(11(14)15-3)8-6-7-12(2,9-13)10-17-16-4/h5-10H2,1-4H3. The van der Waals surface area contributed by atoms with Crippen molar-refractivity contribution in [2.75, 3.05) is 20.8 Å². The first-order valence-electron chi connectivity index (χ1n) is 6.26. The van der Waals surface area contributed by atoms with E-state index in [1.807, 2.05) is 0 Å². The van der Waals surface area contributed by atoms with Crippen molar-refractivity contribution in [2.24, 2.45) is 10.8 Å². The van der Waals surface area contributed by atoms with Crippen LogP contribution in [0.5, 0.6) is 0 Å². The number of rotatable bonds is 5. The predicted molar refractivity (Wildman–Crippen MR) is 64.3 cm³/mol. The molecule has 100 valence electrons. The van der Waals surface area contributed by atoms with Gasteiger partial charge in [-0.2, -0.15) is 0 Å². The van der Waals surface area contributed by atoms with E-state index in [4.69, 9.17) is 9.62 Å². The van der Waals surface area contributed by atoms with Crippen LogP contribution in [0.25, 0.3) is 0 Å². The summed E-state index contributed by atoms with van der Waals surface area (Å²) in [5.74, 6) is -0.0802. The first-order valence-corrected chi connectivity index (χ1v) is 6.26. The van der Waals surface area contributed by atoms with Crippen LogP contribution in [-0.2, 0) is 19.3 Å². The Morgan fingerprint density at radius 3 is 2.53 bits per heavy atom. The maximum atomic E-state index is 12.0. The number of carbonyl (C=O) groups excluding carboxylic acids is 1. The molecule has 0 amide bonds. The highest BCUT2D eigenvalue weighted by Crippen LogP contribution is 2.49. The van der Waals surface area contributed by atoms with Crippen molar-refractivity contribution in [2.45, 2.75) is 46.0 Å². The summed E-state index contributed by atoms with van der Waals surface area (Å²) in [4.78, 5) is 21.7. The van der Waals surface area contributed by atoms with E-state index < -0.39 is 0 Å². The molecule has 0 bridgehead atoms. The number of carbonyl (C=O) groups is 1. The molecule has 0 N–H and O–H groups in total. The topological polar surface area (TPSA) is 44.8 Å². The monoisotopic (exact) mass is 244 g/mol. The molecule has 0 aromatic carbocycles. The summed E-state index contributed by atoms with van der Waals surface area (Å²) in [6, 6.07) is 0. The third kappa shape index (κ3) is 3.19.